The second-order valence-electron chi connectivity index (χ2n) is 7.02. The Bertz CT molecular complexity index is 1150. The smallest absolute Gasteiger partial charge is 0.325 e. The van der Waals surface area contributed by atoms with E-state index in [9.17, 15) is 9.59 Å². The maximum atomic E-state index is 13.0. The quantitative estimate of drug-likeness (QED) is 0.689. The van der Waals surface area contributed by atoms with Gasteiger partial charge in [0.1, 0.15) is 12.1 Å². The van der Waals surface area contributed by atoms with E-state index >= 15 is 0 Å². The molecule has 8 heteroatoms. The van der Waals surface area contributed by atoms with Crippen LogP contribution in [-0.4, -0.2) is 27.0 Å². The molecule has 8 nitrogen and oxygen atoms in total. The summed E-state index contributed by atoms with van der Waals surface area (Å²) in [6, 6.07) is 15.6. The molecule has 0 radical (unpaired) electrons. The number of imide groups is 1. The number of urea groups is 1. The lowest BCUT2D eigenvalue weighted by atomic mass is 9.91. The number of carbonyl (C=O) groups is 2. The van der Waals surface area contributed by atoms with Crippen LogP contribution in [0.1, 0.15) is 29.5 Å². The van der Waals surface area contributed by atoms with Crippen LogP contribution in [0.25, 0.3) is 11.4 Å². The zero-order chi connectivity index (χ0) is 20.6. The monoisotopic (exact) mass is 387 g/mol. The third-order valence-corrected chi connectivity index (χ3v) is 4.90. The first-order valence-corrected chi connectivity index (χ1v) is 8.95. The minimum Gasteiger partial charge on any atom is -0.337 e. The number of aromatic nitrogens is 2. The summed E-state index contributed by atoms with van der Waals surface area (Å²) in [4.78, 5) is 30.8. The van der Waals surface area contributed by atoms with E-state index in [4.69, 9.17) is 9.78 Å². The van der Waals surface area contributed by atoms with Gasteiger partial charge in [-0.1, -0.05) is 41.1 Å². The fourth-order valence-electron chi connectivity index (χ4n) is 3.27. The summed E-state index contributed by atoms with van der Waals surface area (Å²) in [5.41, 5.74) is 1.68. The molecule has 1 N–H and O–H groups in total. The maximum Gasteiger partial charge on any atom is 0.325 e. The molecule has 1 aliphatic rings. The summed E-state index contributed by atoms with van der Waals surface area (Å²) in [5, 5.41) is 15.6. The normalized spacial score (nSPS) is 18.6. The van der Waals surface area contributed by atoms with Crippen molar-refractivity contribution in [3.8, 4) is 17.5 Å². The van der Waals surface area contributed by atoms with Crippen molar-refractivity contribution < 1.29 is 14.1 Å². The molecule has 1 unspecified atom stereocenters. The SMILES string of the molecule is Cc1cccc(-c2noc(CN3C(=O)NC(C)(c4ccc(C#N)cc4)C3=O)n2)c1. The van der Waals surface area contributed by atoms with E-state index in [2.05, 4.69) is 15.5 Å². The first kappa shape index (κ1) is 18.4. The van der Waals surface area contributed by atoms with Gasteiger partial charge in [0.25, 0.3) is 5.91 Å². The Labute approximate surface area is 166 Å². The van der Waals surface area contributed by atoms with Crippen LogP contribution in [0.2, 0.25) is 0 Å². The zero-order valence-corrected chi connectivity index (χ0v) is 15.8. The first-order chi connectivity index (χ1) is 13.9. The lowest BCUT2D eigenvalue weighted by Gasteiger charge is -2.21. The summed E-state index contributed by atoms with van der Waals surface area (Å²) >= 11 is 0. The van der Waals surface area contributed by atoms with E-state index in [0.717, 1.165) is 16.0 Å². The molecule has 0 saturated carbocycles. The number of rotatable bonds is 4. The molecule has 4 rings (SSSR count). The summed E-state index contributed by atoms with van der Waals surface area (Å²) < 4.78 is 5.25. The standard InChI is InChI=1S/C21H17N5O3/c1-13-4-3-5-15(10-13)18-23-17(29-25-18)12-26-19(27)21(2,24-20(26)28)16-8-6-14(11-22)7-9-16/h3-10H,12H2,1-2H3,(H,24,28). The van der Waals surface area contributed by atoms with Gasteiger partial charge >= 0.3 is 6.03 Å². The van der Waals surface area contributed by atoms with Crippen LogP contribution in [0.15, 0.2) is 53.1 Å². The summed E-state index contributed by atoms with van der Waals surface area (Å²) in [6.45, 7) is 3.46. The zero-order valence-electron chi connectivity index (χ0n) is 15.8. The Morgan fingerprint density at radius 1 is 1.21 bits per heavy atom. The molecule has 0 bridgehead atoms. The van der Waals surface area contributed by atoms with Gasteiger partial charge in [-0.05, 0) is 37.6 Å². The van der Waals surface area contributed by atoms with Gasteiger partial charge in [-0.3, -0.25) is 9.69 Å². The van der Waals surface area contributed by atoms with Gasteiger partial charge in [0.15, 0.2) is 0 Å². The molecular formula is C21H17N5O3. The molecule has 144 valence electrons. The molecule has 2 heterocycles. The van der Waals surface area contributed by atoms with Crippen LogP contribution in [0, 0.1) is 18.3 Å². The van der Waals surface area contributed by atoms with Crippen molar-refractivity contribution in [3.63, 3.8) is 0 Å². The Morgan fingerprint density at radius 3 is 2.66 bits per heavy atom. The van der Waals surface area contributed by atoms with Gasteiger partial charge < -0.3 is 9.84 Å². The van der Waals surface area contributed by atoms with Crippen LogP contribution in [0.5, 0.6) is 0 Å². The summed E-state index contributed by atoms with van der Waals surface area (Å²) in [5.74, 6) is 0.127. The topological polar surface area (TPSA) is 112 Å². The molecule has 0 spiro atoms. The molecule has 1 aliphatic heterocycles. The van der Waals surface area contributed by atoms with Crippen molar-refractivity contribution in [2.24, 2.45) is 0 Å². The van der Waals surface area contributed by atoms with E-state index in [1.165, 1.54) is 0 Å². The average molecular weight is 387 g/mol. The van der Waals surface area contributed by atoms with Gasteiger partial charge in [-0.25, -0.2) is 4.79 Å². The minimum absolute atomic E-state index is 0.130. The largest absolute Gasteiger partial charge is 0.337 e. The van der Waals surface area contributed by atoms with Crippen LogP contribution in [-0.2, 0) is 16.9 Å². The van der Waals surface area contributed by atoms with Crippen molar-refractivity contribution in [3.05, 3.63) is 71.1 Å². The number of aryl methyl sites for hydroxylation is 1. The van der Waals surface area contributed by atoms with Crippen molar-refractivity contribution in [2.45, 2.75) is 25.9 Å². The molecule has 1 saturated heterocycles. The van der Waals surface area contributed by atoms with Gasteiger partial charge in [0, 0.05) is 5.56 Å². The highest BCUT2D eigenvalue weighted by molar-refractivity contribution is 6.07. The predicted molar refractivity (Wildman–Crippen MR) is 102 cm³/mol. The first-order valence-electron chi connectivity index (χ1n) is 8.95. The molecule has 3 amide bonds. The second kappa shape index (κ2) is 6.87. The number of nitrogens with one attached hydrogen (secondary N) is 1. The molecule has 1 atom stereocenters. The van der Waals surface area contributed by atoms with E-state index in [0.29, 0.717) is 17.0 Å². The van der Waals surface area contributed by atoms with Crippen LogP contribution in [0.4, 0.5) is 4.79 Å². The summed E-state index contributed by atoms with van der Waals surface area (Å²) in [6.07, 6.45) is 0. The van der Waals surface area contributed by atoms with Crippen molar-refractivity contribution in [2.75, 3.05) is 0 Å². The number of nitriles is 1. The lowest BCUT2D eigenvalue weighted by molar-refractivity contribution is -0.131. The maximum absolute atomic E-state index is 13.0. The van der Waals surface area contributed by atoms with Crippen LogP contribution in [0.3, 0.4) is 0 Å². The summed E-state index contributed by atoms with van der Waals surface area (Å²) in [7, 11) is 0. The number of carbonyl (C=O) groups excluding carboxylic acids is 2. The molecule has 1 aromatic heterocycles. The van der Waals surface area contributed by atoms with Crippen molar-refractivity contribution in [1.82, 2.24) is 20.4 Å². The van der Waals surface area contributed by atoms with E-state index in [1.54, 1.807) is 31.2 Å². The highest BCUT2D eigenvalue weighted by atomic mass is 16.5. The van der Waals surface area contributed by atoms with E-state index in [1.807, 2.05) is 37.3 Å². The molecule has 1 fully saturated rings. The Kier molecular flexibility index (Phi) is 4.35. The number of hydrogen-bond donors (Lipinski definition) is 1. The van der Waals surface area contributed by atoms with Crippen molar-refractivity contribution >= 4 is 11.9 Å². The molecule has 2 aromatic carbocycles. The lowest BCUT2D eigenvalue weighted by Crippen LogP contribution is -2.40. The number of benzene rings is 2. The molecule has 0 aliphatic carbocycles. The molecule has 3 aromatic rings. The number of hydrogen-bond acceptors (Lipinski definition) is 6. The highest BCUT2D eigenvalue weighted by Gasteiger charge is 2.49. The van der Waals surface area contributed by atoms with Crippen LogP contribution >= 0.6 is 0 Å². The number of amides is 3. The second-order valence-corrected chi connectivity index (χ2v) is 7.02. The van der Waals surface area contributed by atoms with E-state index in [-0.39, 0.29) is 12.4 Å². The molecule has 29 heavy (non-hydrogen) atoms. The minimum atomic E-state index is -1.23. The predicted octanol–water partition coefficient (Wildman–Crippen LogP) is 2.88. The Balaban J connectivity index is 1.56. The van der Waals surface area contributed by atoms with Crippen LogP contribution < -0.4 is 5.32 Å². The fourth-order valence-corrected chi connectivity index (χ4v) is 3.27. The van der Waals surface area contributed by atoms with Gasteiger partial charge in [0.2, 0.25) is 11.7 Å². The van der Waals surface area contributed by atoms with Crippen molar-refractivity contribution in [1.29, 1.82) is 5.26 Å². The third kappa shape index (κ3) is 3.23. The Morgan fingerprint density at radius 2 is 1.97 bits per heavy atom. The number of nitrogens with zero attached hydrogens (tertiary/aromatic N) is 4. The van der Waals surface area contributed by atoms with Gasteiger partial charge in [0.05, 0.1) is 11.6 Å². The van der Waals surface area contributed by atoms with E-state index < -0.39 is 17.5 Å². The highest BCUT2D eigenvalue weighted by Crippen LogP contribution is 2.30. The van der Waals surface area contributed by atoms with Gasteiger partial charge in [-0.15, -0.1) is 0 Å². The van der Waals surface area contributed by atoms with Gasteiger partial charge in [-0.2, -0.15) is 10.2 Å². The fraction of sp³-hybridized carbons (Fsp3) is 0.190. The Hall–Kier alpha value is -3.99. The third-order valence-electron chi connectivity index (χ3n) is 4.90. The molecular weight excluding hydrogens is 370 g/mol. The average Bonchev–Trinajstić information content (AvgIpc) is 3.27.